The predicted molar refractivity (Wildman–Crippen MR) is 65.8 cm³/mol. The van der Waals surface area contributed by atoms with Gasteiger partial charge >= 0.3 is 0 Å². The van der Waals surface area contributed by atoms with Gasteiger partial charge in [-0.2, -0.15) is 0 Å². The van der Waals surface area contributed by atoms with Crippen LogP contribution in [0.3, 0.4) is 0 Å². The van der Waals surface area contributed by atoms with Gasteiger partial charge in [-0.3, -0.25) is 4.79 Å². The van der Waals surface area contributed by atoms with Gasteiger partial charge in [0.2, 0.25) is 0 Å². The monoisotopic (exact) mass is 319 g/mol. The Kier molecular flexibility index (Phi) is 4.29. The Morgan fingerprint density at radius 1 is 1.39 bits per heavy atom. The molecule has 1 aliphatic rings. The average molecular weight is 320 g/mol. The Hall–Kier alpha value is -1.01. The van der Waals surface area contributed by atoms with Gasteiger partial charge in [0.25, 0.3) is 5.91 Å². The molecule has 1 aromatic rings. The van der Waals surface area contributed by atoms with E-state index >= 15 is 0 Å². The molecule has 1 fully saturated rings. The molecule has 0 aromatic heterocycles. The van der Waals surface area contributed by atoms with E-state index in [-0.39, 0.29) is 17.5 Å². The number of halogens is 3. The number of nitrogens with zero attached hydrogens (tertiary/aromatic N) is 1. The molecule has 1 aliphatic heterocycles. The summed E-state index contributed by atoms with van der Waals surface area (Å²) < 4.78 is 31.4. The summed E-state index contributed by atoms with van der Waals surface area (Å²) in [6, 6.07) is 2.73. The molecule has 1 heterocycles. The average Bonchev–Trinajstić information content (AvgIpc) is 2.36. The Bertz CT molecular complexity index is 435. The minimum atomic E-state index is -0.748. The topological polar surface area (TPSA) is 29.5 Å². The van der Waals surface area contributed by atoms with Crippen LogP contribution in [-0.2, 0) is 4.74 Å². The lowest BCUT2D eigenvalue weighted by molar-refractivity contribution is 0.00520. The zero-order valence-corrected chi connectivity index (χ0v) is 11.1. The van der Waals surface area contributed by atoms with E-state index in [9.17, 15) is 13.6 Å². The van der Waals surface area contributed by atoms with Crippen LogP contribution in [0, 0.1) is 11.6 Å². The number of carbonyl (C=O) groups excluding carboxylic acids is 1. The molecule has 0 N–H and O–H groups in total. The van der Waals surface area contributed by atoms with Gasteiger partial charge in [0.1, 0.15) is 11.6 Å². The molecule has 2 rings (SSSR count). The lowest BCUT2D eigenvalue weighted by atomic mass is 10.1. The maximum Gasteiger partial charge on any atom is 0.254 e. The first-order chi connectivity index (χ1) is 8.61. The fourth-order valence-corrected chi connectivity index (χ4v) is 2.43. The largest absolute Gasteiger partial charge is 0.377 e. The molecular formula is C12H12BrF2NO2. The highest BCUT2D eigenvalue weighted by Crippen LogP contribution is 2.16. The smallest absolute Gasteiger partial charge is 0.254 e. The third-order valence-electron chi connectivity index (χ3n) is 2.78. The Labute approximate surface area is 112 Å². The Balaban J connectivity index is 2.23. The number of carbonyl (C=O) groups is 1. The van der Waals surface area contributed by atoms with Crippen molar-refractivity contribution in [3.63, 3.8) is 0 Å². The van der Waals surface area contributed by atoms with Gasteiger partial charge < -0.3 is 9.64 Å². The molecule has 0 spiro atoms. The summed E-state index contributed by atoms with van der Waals surface area (Å²) in [6.45, 7) is 1.29. The first-order valence-electron chi connectivity index (χ1n) is 5.52. The molecule has 0 radical (unpaired) electrons. The van der Waals surface area contributed by atoms with Crippen LogP contribution < -0.4 is 0 Å². The first-order valence-corrected chi connectivity index (χ1v) is 6.64. The van der Waals surface area contributed by atoms with Crippen molar-refractivity contribution in [1.29, 1.82) is 0 Å². The predicted octanol–water partition coefficient (Wildman–Crippen LogP) is 2.20. The highest BCUT2D eigenvalue weighted by atomic mass is 79.9. The van der Waals surface area contributed by atoms with E-state index in [0.29, 0.717) is 25.1 Å². The van der Waals surface area contributed by atoms with Crippen molar-refractivity contribution in [2.75, 3.05) is 25.1 Å². The van der Waals surface area contributed by atoms with Crippen LogP contribution in [0.5, 0.6) is 0 Å². The second-order valence-electron chi connectivity index (χ2n) is 4.04. The van der Waals surface area contributed by atoms with E-state index in [1.807, 2.05) is 0 Å². The Morgan fingerprint density at radius 3 is 2.67 bits per heavy atom. The number of hydrogen-bond donors (Lipinski definition) is 0. The normalized spacial score (nSPS) is 19.9. The van der Waals surface area contributed by atoms with Gasteiger partial charge in [-0.1, -0.05) is 15.9 Å². The van der Waals surface area contributed by atoms with Crippen LogP contribution in [-0.4, -0.2) is 41.9 Å². The molecule has 1 aromatic carbocycles. The van der Waals surface area contributed by atoms with Crippen molar-refractivity contribution < 1.29 is 18.3 Å². The lowest BCUT2D eigenvalue weighted by Gasteiger charge is -2.34. The summed E-state index contributed by atoms with van der Waals surface area (Å²) in [4.78, 5) is 13.8. The van der Waals surface area contributed by atoms with Crippen molar-refractivity contribution in [2.45, 2.75) is 6.04 Å². The van der Waals surface area contributed by atoms with E-state index in [4.69, 9.17) is 4.74 Å². The van der Waals surface area contributed by atoms with Crippen LogP contribution in [0.15, 0.2) is 18.2 Å². The van der Waals surface area contributed by atoms with Gasteiger partial charge in [-0.05, 0) is 12.1 Å². The van der Waals surface area contributed by atoms with E-state index in [1.54, 1.807) is 4.90 Å². The number of benzene rings is 1. The lowest BCUT2D eigenvalue weighted by Crippen LogP contribution is -2.49. The van der Waals surface area contributed by atoms with E-state index in [1.165, 1.54) is 0 Å². The van der Waals surface area contributed by atoms with Gasteiger partial charge in [0.15, 0.2) is 0 Å². The van der Waals surface area contributed by atoms with Gasteiger partial charge in [0.05, 0.1) is 19.3 Å². The number of hydrogen-bond acceptors (Lipinski definition) is 2. The summed E-state index contributed by atoms with van der Waals surface area (Å²) in [6.07, 6.45) is 0. The van der Waals surface area contributed by atoms with Crippen LogP contribution in [0.2, 0.25) is 0 Å². The van der Waals surface area contributed by atoms with E-state index < -0.39 is 11.6 Å². The van der Waals surface area contributed by atoms with Crippen LogP contribution in [0.25, 0.3) is 0 Å². The highest BCUT2D eigenvalue weighted by Gasteiger charge is 2.27. The maximum atomic E-state index is 13.1. The number of rotatable bonds is 2. The molecule has 1 amide bonds. The molecule has 1 unspecified atom stereocenters. The second kappa shape index (κ2) is 5.75. The fraction of sp³-hybridized carbons (Fsp3) is 0.417. The molecule has 98 valence electrons. The van der Waals surface area contributed by atoms with Gasteiger partial charge in [0, 0.05) is 23.5 Å². The summed E-state index contributed by atoms with van der Waals surface area (Å²) in [5, 5.41) is 0.566. The molecule has 1 saturated heterocycles. The minimum Gasteiger partial charge on any atom is -0.377 e. The summed E-state index contributed by atoms with van der Waals surface area (Å²) in [5.74, 6) is -1.87. The summed E-state index contributed by atoms with van der Waals surface area (Å²) in [5.41, 5.74) is 0.0281. The third kappa shape index (κ3) is 2.87. The summed E-state index contributed by atoms with van der Waals surface area (Å²) in [7, 11) is 0. The molecule has 0 aliphatic carbocycles. The second-order valence-corrected chi connectivity index (χ2v) is 4.69. The zero-order chi connectivity index (χ0) is 13.1. The van der Waals surface area contributed by atoms with Crippen molar-refractivity contribution in [3.05, 3.63) is 35.4 Å². The molecule has 1 atom stereocenters. The van der Waals surface area contributed by atoms with Crippen molar-refractivity contribution in [2.24, 2.45) is 0 Å². The van der Waals surface area contributed by atoms with Gasteiger partial charge in [-0.25, -0.2) is 8.78 Å². The number of amides is 1. The maximum absolute atomic E-state index is 13.1. The standard InChI is InChI=1S/C12H12BrF2NO2/c13-6-11-7-18-2-1-16(11)12(17)8-3-9(14)5-10(15)4-8/h3-5,11H,1-2,6-7H2. The Morgan fingerprint density at radius 2 is 2.06 bits per heavy atom. The molecule has 0 bridgehead atoms. The first kappa shape index (κ1) is 13.4. The van der Waals surface area contributed by atoms with Crippen LogP contribution in [0.4, 0.5) is 8.78 Å². The third-order valence-corrected chi connectivity index (χ3v) is 3.52. The SMILES string of the molecule is O=C(c1cc(F)cc(F)c1)N1CCOCC1CBr. The number of morpholine rings is 1. The van der Waals surface area contributed by atoms with Crippen molar-refractivity contribution in [1.82, 2.24) is 4.90 Å². The molecule has 0 saturated carbocycles. The van der Waals surface area contributed by atoms with Gasteiger partial charge in [-0.15, -0.1) is 0 Å². The van der Waals surface area contributed by atoms with E-state index in [2.05, 4.69) is 15.9 Å². The highest BCUT2D eigenvalue weighted by molar-refractivity contribution is 9.09. The van der Waals surface area contributed by atoms with Crippen molar-refractivity contribution >= 4 is 21.8 Å². The molecular weight excluding hydrogens is 308 g/mol. The minimum absolute atomic E-state index is 0.0281. The number of ether oxygens (including phenoxy) is 1. The van der Waals surface area contributed by atoms with E-state index in [0.717, 1.165) is 18.2 Å². The van der Waals surface area contributed by atoms with Crippen molar-refractivity contribution in [3.8, 4) is 0 Å². The van der Waals surface area contributed by atoms with Crippen LogP contribution >= 0.6 is 15.9 Å². The fourth-order valence-electron chi connectivity index (χ4n) is 1.89. The molecule has 3 nitrogen and oxygen atoms in total. The summed E-state index contributed by atoms with van der Waals surface area (Å²) >= 11 is 3.30. The molecule has 6 heteroatoms. The quantitative estimate of drug-likeness (QED) is 0.782. The van der Waals surface area contributed by atoms with Crippen LogP contribution in [0.1, 0.15) is 10.4 Å². The zero-order valence-electron chi connectivity index (χ0n) is 9.54. The molecule has 18 heavy (non-hydrogen) atoms. The number of alkyl halides is 1.